The monoisotopic (exact) mass is 384 g/mol. The topological polar surface area (TPSA) is 73.6 Å². The molecule has 1 heterocycles. The van der Waals surface area contributed by atoms with Crippen LogP contribution in [0.2, 0.25) is 0 Å². The van der Waals surface area contributed by atoms with E-state index in [9.17, 15) is 4.79 Å². The molecule has 1 aromatic carbocycles. The molecule has 1 amide bonds. The Morgan fingerprint density at radius 2 is 2.04 bits per heavy atom. The molecule has 1 aliphatic carbocycles. The standard InChI is InChI=1S/C22H28N2O4/c1-15-19(16(2)28-24-15)14-27-20-11-9-17(13-21(20)26-3)10-12-22(25)23-18-7-5-4-6-8-18/h9-13,18H,4-8,14H2,1-3H3,(H,23,25)/b12-10+. The van der Waals surface area contributed by atoms with Gasteiger partial charge < -0.3 is 19.3 Å². The normalized spacial score (nSPS) is 15.0. The van der Waals surface area contributed by atoms with Crippen LogP contribution in [0, 0.1) is 13.8 Å². The van der Waals surface area contributed by atoms with Crippen LogP contribution in [-0.4, -0.2) is 24.2 Å². The highest BCUT2D eigenvalue weighted by Gasteiger charge is 2.14. The van der Waals surface area contributed by atoms with Gasteiger partial charge in [0, 0.05) is 12.1 Å². The molecule has 0 unspecified atom stereocenters. The van der Waals surface area contributed by atoms with Crippen molar-refractivity contribution in [2.24, 2.45) is 0 Å². The van der Waals surface area contributed by atoms with Gasteiger partial charge in [0.1, 0.15) is 12.4 Å². The van der Waals surface area contributed by atoms with Gasteiger partial charge in [0.25, 0.3) is 0 Å². The van der Waals surface area contributed by atoms with E-state index < -0.39 is 0 Å². The molecular formula is C22H28N2O4. The molecule has 0 saturated heterocycles. The van der Waals surface area contributed by atoms with Crippen molar-refractivity contribution in [3.8, 4) is 11.5 Å². The van der Waals surface area contributed by atoms with Crippen LogP contribution in [0.15, 0.2) is 28.8 Å². The molecule has 2 aromatic rings. The fourth-order valence-electron chi connectivity index (χ4n) is 3.43. The van der Waals surface area contributed by atoms with E-state index in [0.717, 1.165) is 35.4 Å². The van der Waals surface area contributed by atoms with Crippen molar-refractivity contribution < 1.29 is 18.8 Å². The van der Waals surface area contributed by atoms with E-state index in [1.54, 1.807) is 19.3 Å². The maximum Gasteiger partial charge on any atom is 0.244 e. The first-order valence-electron chi connectivity index (χ1n) is 9.78. The number of rotatable bonds is 7. The van der Waals surface area contributed by atoms with Crippen LogP contribution in [0.4, 0.5) is 0 Å². The zero-order valence-electron chi connectivity index (χ0n) is 16.8. The zero-order valence-corrected chi connectivity index (χ0v) is 16.8. The summed E-state index contributed by atoms with van der Waals surface area (Å²) in [6.07, 6.45) is 9.18. The second-order valence-electron chi connectivity index (χ2n) is 7.18. The van der Waals surface area contributed by atoms with E-state index in [1.165, 1.54) is 19.3 Å². The highest BCUT2D eigenvalue weighted by molar-refractivity contribution is 5.92. The molecular weight excluding hydrogens is 356 g/mol. The van der Waals surface area contributed by atoms with Gasteiger partial charge in [-0.1, -0.05) is 30.5 Å². The SMILES string of the molecule is COc1cc(/C=C/C(=O)NC2CCCCC2)ccc1OCc1c(C)noc1C. The number of carbonyl (C=O) groups excluding carboxylic acids is 1. The summed E-state index contributed by atoms with van der Waals surface area (Å²) in [5.41, 5.74) is 2.63. The summed E-state index contributed by atoms with van der Waals surface area (Å²) in [6.45, 7) is 4.11. The molecule has 1 saturated carbocycles. The van der Waals surface area contributed by atoms with Gasteiger partial charge in [-0.25, -0.2) is 0 Å². The van der Waals surface area contributed by atoms with Crippen molar-refractivity contribution in [3.05, 3.63) is 46.9 Å². The molecule has 1 fully saturated rings. The average Bonchev–Trinajstić information content (AvgIpc) is 3.03. The minimum Gasteiger partial charge on any atom is -0.493 e. The van der Waals surface area contributed by atoms with Gasteiger partial charge in [0.15, 0.2) is 11.5 Å². The van der Waals surface area contributed by atoms with E-state index in [-0.39, 0.29) is 5.91 Å². The van der Waals surface area contributed by atoms with Gasteiger partial charge >= 0.3 is 0 Å². The van der Waals surface area contributed by atoms with E-state index in [0.29, 0.717) is 24.1 Å². The Bertz CT molecular complexity index is 816. The molecule has 1 aliphatic rings. The number of benzene rings is 1. The molecule has 0 bridgehead atoms. The number of aryl methyl sites for hydroxylation is 2. The molecule has 1 N–H and O–H groups in total. The third-order valence-electron chi connectivity index (χ3n) is 5.12. The first kappa shape index (κ1) is 20.0. The number of methoxy groups -OCH3 is 1. The smallest absolute Gasteiger partial charge is 0.244 e. The highest BCUT2D eigenvalue weighted by atomic mass is 16.5. The second kappa shape index (κ2) is 9.44. The molecule has 28 heavy (non-hydrogen) atoms. The van der Waals surface area contributed by atoms with Crippen molar-refractivity contribution in [1.29, 1.82) is 0 Å². The number of aromatic nitrogens is 1. The molecule has 3 rings (SSSR count). The average molecular weight is 384 g/mol. The molecule has 0 atom stereocenters. The Labute approximate surface area is 165 Å². The summed E-state index contributed by atoms with van der Waals surface area (Å²) >= 11 is 0. The maximum absolute atomic E-state index is 12.1. The van der Waals surface area contributed by atoms with Crippen LogP contribution in [0.3, 0.4) is 0 Å². The van der Waals surface area contributed by atoms with E-state index in [1.807, 2.05) is 32.0 Å². The minimum absolute atomic E-state index is 0.0513. The number of amides is 1. The Morgan fingerprint density at radius 1 is 1.25 bits per heavy atom. The lowest BCUT2D eigenvalue weighted by molar-refractivity contribution is -0.117. The minimum atomic E-state index is -0.0513. The van der Waals surface area contributed by atoms with E-state index >= 15 is 0 Å². The summed E-state index contributed by atoms with van der Waals surface area (Å²) < 4.78 is 16.5. The summed E-state index contributed by atoms with van der Waals surface area (Å²) in [5, 5.41) is 7.01. The molecule has 6 nitrogen and oxygen atoms in total. The Hall–Kier alpha value is -2.76. The van der Waals surface area contributed by atoms with Crippen molar-refractivity contribution in [3.63, 3.8) is 0 Å². The summed E-state index contributed by atoms with van der Waals surface area (Å²) in [7, 11) is 1.60. The predicted octanol–water partition coefficient (Wildman–Crippen LogP) is 4.34. The third-order valence-corrected chi connectivity index (χ3v) is 5.12. The van der Waals surface area contributed by atoms with Crippen molar-refractivity contribution in [2.45, 2.75) is 58.6 Å². The molecule has 150 valence electrons. The van der Waals surface area contributed by atoms with Gasteiger partial charge in [0.2, 0.25) is 5.91 Å². The fourth-order valence-corrected chi connectivity index (χ4v) is 3.43. The summed E-state index contributed by atoms with van der Waals surface area (Å²) in [4.78, 5) is 12.1. The third kappa shape index (κ3) is 5.15. The van der Waals surface area contributed by atoms with Crippen molar-refractivity contribution >= 4 is 12.0 Å². The zero-order chi connectivity index (χ0) is 19.9. The van der Waals surface area contributed by atoms with Gasteiger partial charge in [-0.3, -0.25) is 4.79 Å². The predicted molar refractivity (Wildman–Crippen MR) is 107 cm³/mol. The molecule has 0 spiro atoms. The molecule has 0 radical (unpaired) electrons. The lowest BCUT2D eigenvalue weighted by atomic mass is 9.95. The van der Waals surface area contributed by atoms with Gasteiger partial charge in [0.05, 0.1) is 18.4 Å². The second-order valence-corrected chi connectivity index (χ2v) is 7.18. The number of nitrogens with one attached hydrogen (secondary N) is 1. The van der Waals surface area contributed by atoms with Crippen molar-refractivity contribution in [2.75, 3.05) is 7.11 Å². The van der Waals surface area contributed by atoms with Gasteiger partial charge in [-0.2, -0.15) is 0 Å². The maximum atomic E-state index is 12.1. The first-order chi connectivity index (χ1) is 13.6. The Kier molecular flexibility index (Phi) is 6.74. The number of ether oxygens (including phenoxy) is 2. The van der Waals surface area contributed by atoms with Crippen molar-refractivity contribution in [1.82, 2.24) is 10.5 Å². The first-order valence-corrected chi connectivity index (χ1v) is 9.78. The fraction of sp³-hybridized carbons (Fsp3) is 0.455. The Morgan fingerprint density at radius 3 is 2.71 bits per heavy atom. The van der Waals surface area contributed by atoms with Crippen LogP contribution in [-0.2, 0) is 11.4 Å². The Balaban J connectivity index is 1.61. The largest absolute Gasteiger partial charge is 0.493 e. The van der Waals surface area contributed by atoms with Crippen LogP contribution in [0.5, 0.6) is 11.5 Å². The lowest BCUT2D eigenvalue weighted by Gasteiger charge is -2.21. The number of hydrogen-bond donors (Lipinski definition) is 1. The van der Waals surface area contributed by atoms with Crippen LogP contribution in [0.25, 0.3) is 6.08 Å². The number of carbonyl (C=O) groups is 1. The molecule has 6 heteroatoms. The summed E-state index contributed by atoms with van der Waals surface area (Å²) in [5.74, 6) is 1.94. The highest BCUT2D eigenvalue weighted by Crippen LogP contribution is 2.30. The van der Waals surface area contributed by atoms with E-state index in [2.05, 4.69) is 10.5 Å². The van der Waals surface area contributed by atoms with E-state index in [4.69, 9.17) is 14.0 Å². The van der Waals surface area contributed by atoms with Crippen LogP contribution >= 0.6 is 0 Å². The lowest BCUT2D eigenvalue weighted by Crippen LogP contribution is -2.34. The van der Waals surface area contributed by atoms with Gasteiger partial charge in [-0.15, -0.1) is 0 Å². The van der Waals surface area contributed by atoms with Gasteiger partial charge in [-0.05, 0) is 50.5 Å². The number of nitrogens with zero attached hydrogens (tertiary/aromatic N) is 1. The van der Waals surface area contributed by atoms with Crippen LogP contribution in [0.1, 0.15) is 54.7 Å². The molecule has 0 aliphatic heterocycles. The summed E-state index contributed by atoms with van der Waals surface area (Å²) in [6, 6.07) is 5.90. The number of hydrogen-bond acceptors (Lipinski definition) is 5. The quantitative estimate of drug-likeness (QED) is 0.719. The van der Waals surface area contributed by atoms with Crippen LogP contribution < -0.4 is 14.8 Å². The molecule has 1 aromatic heterocycles.